The quantitative estimate of drug-likeness (QED) is 0.811. The number of hydrogen-bond acceptors (Lipinski definition) is 4. The first kappa shape index (κ1) is 12.6. The highest BCUT2D eigenvalue weighted by molar-refractivity contribution is 7.11. The lowest BCUT2D eigenvalue weighted by Crippen LogP contribution is -2.14. The van der Waals surface area contributed by atoms with Gasteiger partial charge in [-0.25, -0.2) is 0 Å². The van der Waals surface area contributed by atoms with Crippen LogP contribution in [0.25, 0.3) is 0 Å². The molecule has 86 valence electrons. The van der Waals surface area contributed by atoms with E-state index in [-0.39, 0.29) is 0 Å². The summed E-state index contributed by atoms with van der Waals surface area (Å²) in [6.07, 6.45) is 3.37. The molecule has 0 amide bonds. The molecule has 0 radical (unpaired) electrons. The summed E-state index contributed by atoms with van der Waals surface area (Å²) in [5.41, 5.74) is 0. The Morgan fingerprint density at radius 3 is 2.13 bits per heavy atom. The van der Waals surface area contributed by atoms with Gasteiger partial charge in [-0.2, -0.15) is 0 Å². The van der Waals surface area contributed by atoms with Crippen molar-refractivity contribution in [2.45, 2.75) is 52.0 Å². The summed E-state index contributed by atoms with van der Waals surface area (Å²) >= 11 is 1.76. The van der Waals surface area contributed by atoms with Crippen molar-refractivity contribution in [2.75, 3.05) is 7.05 Å². The molecule has 15 heavy (non-hydrogen) atoms. The van der Waals surface area contributed by atoms with Gasteiger partial charge in [0.2, 0.25) is 0 Å². The van der Waals surface area contributed by atoms with Crippen LogP contribution in [-0.4, -0.2) is 17.2 Å². The predicted octanol–water partition coefficient (Wildman–Crippen LogP) is 3.11. The zero-order valence-electron chi connectivity index (χ0n) is 10.1. The molecular weight excluding hydrogens is 206 g/mol. The first-order chi connectivity index (χ1) is 7.26. The highest BCUT2D eigenvalue weighted by Crippen LogP contribution is 2.29. The second-order valence-electron chi connectivity index (χ2n) is 3.74. The van der Waals surface area contributed by atoms with Gasteiger partial charge in [-0.15, -0.1) is 10.2 Å². The smallest absolute Gasteiger partial charge is 0.134 e. The SMILES string of the molecule is CCC(CC)c1nnc(C(CC)NC)s1. The second kappa shape index (κ2) is 6.18. The van der Waals surface area contributed by atoms with E-state index in [0.717, 1.165) is 24.3 Å². The fourth-order valence-electron chi connectivity index (χ4n) is 1.69. The maximum Gasteiger partial charge on any atom is 0.134 e. The van der Waals surface area contributed by atoms with Gasteiger partial charge in [0.25, 0.3) is 0 Å². The molecule has 0 aromatic carbocycles. The van der Waals surface area contributed by atoms with Crippen LogP contribution in [0.5, 0.6) is 0 Å². The van der Waals surface area contributed by atoms with Crippen molar-refractivity contribution in [1.29, 1.82) is 0 Å². The van der Waals surface area contributed by atoms with Crippen LogP contribution in [0.2, 0.25) is 0 Å². The Morgan fingerprint density at radius 1 is 1.07 bits per heavy atom. The maximum absolute atomic E-state index is 4.30. The van der Waals surface area contributed by atoms with Crippen molar-refractivity contribution < 1.29 is 0 Å². The third-order valence-corrected chi connectivity index (χ3v) is 4.05. The van der Waals surface area contributed by atoms with Gasteiger partial charge in [0, 0.05) is 5.92 Å². The molecule has 1 N–H and O–H groups in total. The normalized spacial score (nSPS) is 13.4. The topological polar surface area (TPSA) is 37.8 Å². The fourth-order valence-corrected chi connectivity index (χ4v) is 3.00. The van der Waals surface area contributed by atoms with Gasteiger partial charge in [0.1, 0.15) is 10.0 Å². The Hall–Kier alpha value is -0.480. The first-order valence-electron chi connectivity index (χ1n) is 5.77. The molecule has 1 rings (SSSR count). The predicted molar refractivity (Wildman–Crippen MR) is 65.3 cm³/mol. The molecule has 0 saturated carbocycles. The monoisotopic (exact) mass is 227 g/mol. The van der Waals surface area contributed by atoms with Crippen molar-refractivity contribution in [3.8, 4) is 0 Å². The van der Waals surface area contributed by atoms with Crippen molar-refractivity contribution in [2.24, 2.45) is 0 Å². The Bertz CT molecular complexity index is 251. The molecule has 1 atom stereocenters. The Balaban J connectivity index is 2.78. The maximum atomic E-state index is 4.30. The van der Waals surface area contributed by atoms with Crippen LogP contribution >= 0.6 is 11.3 Å². The van der Waals surface area contributed by atoms with Gasteiger partial charge in [-0.1, -0.05) is 32.1 Å². The van der Waals surface area contributed by atoms with E-state index in [1.54, 1.807) is 11.3 Å². The number of nitrogens with one attached hydrogen (secondary N) is 1. The van der Waals surface area contributed by atoms with Crippen LogP contribution in [0.4, 0.5) is 0 Å². The molecular formula is C11H21N3S. The van der Waals surface area contributed by atoms with E-state index in [2.05, 4.69) is 36.3 Å². The Kier molecular flexibility index (Phi) is 5.19. The average molecular weight is 227 g/mol. The molecule has 3 nitrogen and oxygen atoms in total. The lowest BCUT2D eigenvalue weighted by atomic mass is 10.1. The van der Waals surface area contributed by atoms with Crippen molar-refractivity contribution in [1.82, 2.24) is 15.5 Å². The van der Waals surface area contributed by atoms with Crippen LogP contribution in [0, 0.1) is 0 Å². The first-order valence-corrected chi connectivity index (χ1v) is 6.58. The van der Waals surface area contributed by atoms with Crippen LogP contribution in [-0.2, 0) is 0 Å². The van der Waals surface area contributed by atoms with Crippen molar-refractivity contribution in [3.05, 3.63) is 10.0 Å². The number of aromatic nitrogens is 2. The Labute approximate surface area is 96.3 Å². The molecule has 0 aliphatic carbocycles. The van der Waals surface area contributed by atoms with Gasteiger partial charge >= 0.3 is 0 Å². The molecule has 1 unspecified atom stereocenters. The third-order valence-electron chi connectivity index (χ3n) is 2.85. The summed E-state index contributed by atoms with van der Waals surface area (Å²) in [7, 11) is 1.98. The zero-order chi connectivity index (χ0) is 11.3. The van der Waals surface area contributed by atoms with Gasteiger partial charge < -0.3 is 5.32 Å². The summed E-state index contributed by atoms with van der Waals surface area (Å²) in [5.74, 6) is 0.589. The van der Waals surface area contributed by atoms with Gasteiger partial charge in [-0.05, 0) is 26.3 Å². The molecule has 1 aromatic rings. The molecule has 0 spiro atoms. The molecule has 0 aliphatic rings. The molecule has 0 saturated heterocycles. The minimum Gasteiger partial charge on any atom is -0.311 e. The van der Waals surface area contributed by atoms with Gasteiger partial charge in [0.05, 0.1) is 6.04 Å². The summed E-state index contributed by atoms with van der Waals surface area (Å²) in [5, 5.41) is 14.2. The highest BCUT2D eigenvalue weighted by Gasteiger charge is 2.17. The Morgan fingerprint density at radius 2 is 1.67 bits per heavy atom. The van der Waals surface area contributed by atoms with Crippen LogP contribution in [0.3, 0.4) is 0 Å². The van der Waals surface area contributed by atoms with E-state index < -0.39 is 0 Å². The summed E-state index contributed by atoms with van der Waals surface area (Å²) in [6, 6.07) is 0.366. The lowest BCUT2D eigenvalue weighted by Gasteiger charge is -2.09. The molecule has 1 heterocycles. The van der Waals surface area contributed by atoms with Crippen molar-refractivity contribution >= 4 is 11.3 Å². The molecule has 0 fully saturated rings. The van der Waals surface area contributed by atoms with E-state index in [9.17, 15) is 0 Å². The van der Waals surface area contributed by atoms with E-state index >= 15 is 0 Å². The third kappa shape index (κ3) is 2.98. The standard InChI is InChI=1S/C11H21N3S/c1-5-8(6-2)10-13-14-11(15-10)9(7-3)12-4/h8-9,12H,5-7H2,1-4H3. The summed E-state index contributed by atoms with van der Waals surface area (Å²) in [4.78, 5) is 0. The molecule has 0 aliphatic heterocycles. The summed E-state index contributed by atoms with van der Waals surface area (Å²) in [6.45, 7) is 6.59. The van der Waals surface area contributed by atoms with Crippen LogP contribution in [0.15, 0.2) is 0 Å². The van der Waals surface area contributed by atoms with Gasteiger partial charge in [0.15, 0.2) is 0 Å². The highest BCUT2D eigenvalue weighted by atomic mass is 32.1. The fraction of sp³-hybridized carbons (Fsp3) is 0.818. The van der Waals surface area contributed by atoms with E-state index in [1.165, 1.54) is 5.01 Å². The van der Waals surface area contributed by atoms with Crippen LogP contribution in [0.1, 0.15) is 62.0 Å². The molecule has 1 aromatic heterocycles. The number of hydrogen-bond donors (Lipinski definition) is 1. The average Bonchev–Trinajstić information content (AvgIpc) is 2.71. The van der Waals surface area contributed by atoms with E-state index in [4.69, 9.17) is 0 Å². The van der Waals surface area contributed by atoms with E-state index in [1.807, 2.05) is 7.05 Å². The molecule has 4 heteroatoms. The minimum atomic E-state index is 0.366. The van der Waals surface area contributed by atoms with Gasteiger partial charge in [-0.3, -0.25) is 0 Å². The van der Waals surface area contributed by atoms with Crippen molar-refractivity contribution in [3.63, 3.8) is 0 Å². The van der Waals surface area contributed by atoms with Crippen LogP contribution < -0.4 is 5.32 Å². The number of nitrogens with zero attached hydrogens (tertiary/aromatic N) is 2. The molecule has 0 bridgehead atoms. The second-order valence-corrected chi connectivity index (χ2v) is 4.78. The summed E-state index contributed by atoms with van der Waals surface area (Å²) < 4.78 is 0. The van der Waals surface area contributed by atoms with E-state index in [0.29, 0.717) is 12.0 Å². The minimum absolute atomic E-state index is 0.366. The lowest BCUT2D eigenvalue weighted by molar-refractivity contribution is 0.566. The number of rotatable bonds is 6. The zero-order valence-corrected chi connectivity index (χ0v) is 10.9. The largest absolute Gasteiger partial charge is 0.311 e.